The molecule has 1 rings (SSSR count). The lowest BCUT2D eigenvalue weighted by Gasteiger charge is -2.36. The Morgan fingerprint density at radius 3 is 2.64 bits per heavy atom. The first-order valence-electron chi connectivity index (χ1n) is 4.48. The molecule has 1 heterocycles. The number of hydrogen-bond donors (Lipinski definition) is 1. The summed E-state index contributed by atoms with van der Waals surface area (Å²) in [7, 11) is 0. The lowest BCUT2D eigenvalue weighted by Crippen LogP contribution is -2.42. The molecular formula is C9H18O2. The molecule has 11 heavy (non-hydrogen) atoms. The van der Waals surface area contributed by atoms with Crippen LogP contribution in [0.2, 0.25) is 0 Å². The van der Waals surface area contributed by atoms with Crippen LogP contribution in [0.3, 0.4) is 0 Å². The summed E-state index contributed by atoms with van der Waals surface area (Å²) in [5, 5.41) is 9.63. The van der Waals surface area contributed by atoms with Gasteiger partial charge in [0, 0.05) is 0 Å². The smallest absolute Gasteiger partial charge is 0.0837 e. The largest absolute Gasteiger partial charge is 0.390 e. The summed E-state index contributed by atoms with van der Waals surface area (Å²) in [5.74, 6) is 0.392. The van der Waals surface area contributed by atoms with Crippen molar-refractivity contribution in [3.8, 4) is 0 Å². The second kappa shape index (κ2) is 3.55. The number of aliphatic hydroxyl groups is 1. The molecule has 4 atom stereocenters. The van der Waals surface area contributed by atoms with E-state index in [1.165, 1.54) is 0 Å². The van der Waals surface area contributed by atoms with Gasteiger partial charge >= 0.3 is 0 Å². The van der Waals surface area contributed by atoms with Crippen molar-refractivity contribution in [2.75, 3.05) is 0 Å². The van der Waals surface area contributed by atoms with Crippen LogP contribution in [-0.4, -0.2) is 23.4 Å². The van der Waals surface area contributed by atoms with E-state index in [1.54, 1.807) is 0 Å². The zero-order valence-electron chi connectivity index (χ0n) is 7.58. The van der Waals surface area contributed by atoms with Crippen molar-refractivity contribution in [1.29, 1.82) is 0 Å². The van der Waals surface area contributed by atoms with Gasteiger partial charge in [-0.1, -0.05) is 13.8 Å². The average molecular weight is 158 g/mol. The van der Waals surface area contributed by atoms with E-state index >= 15 is 0 Å². The molecule has 66 valence electrons. The van der Waals surface area contributed by atoms with Crippen molar-refractivity contribution in [3.05, 3.63) is 0 Å². The summed E-state index contributed by atoms with van der Waals surface area (Å²) in [6.07, 6.45) is 2.02. The van der Waals surface area contributed by atoms with E-state index in [4.69, 9.17) is 4.74 Å². The summed E-state index contributed by atoms with van der Waals surface area (Å²) >= 11 is 0. The Balaban J connectivity index is 2.51. The fraction of sp³-hybridized carbons (Fsp3) is 1.00. The minimum atomic E-state index is -0.254. The Bertz CT molecular complexity index is 125. The quantitative estimate of drug-likeness (QED) is 0.627. The molecule has 0 aromatic heterocycles. The van der Waals surface area contributed by atoms with E-state index < -0.39 is 0 Å². The molecule has 1 unspecified atom stereocenters. The van der Waals surface area contributed by atoms with Crippen LogP contribution in [-0.2, 0) is 4.74 Å². The first kappa shape index (κ1) is 9.01. The molecule has 0 saturated carbocycles. The second-order valence-electron chi connectivity index (χ2n) is 3.60. The maximum Gasteiger partial charge on any atom is 0.0837 e. The summed E-state index contributed by atoms with van der Waals surface area (Å²) in [4.78, 5) is 0. The minimum Gasteiger partial charge on any atom is -0.390 e. The van der Waals surface area contributed by atoms with E-state index in [1.807, 2.05) is 0 Å². The highest BCUT2D eigenvalue weighted by atomic mass is 16.5. The van der Waals surface area contributed by atoms with Crippen molar-refractivity contribution >= 4 is 0 Å². The zero-order valence-corrected chi connectivity index (χ0v) is 7.58. The highest BCUT2D eigenvalue weighted by molar-refractivity contribution is 4.80. The fourth-order valence-corrected chi connectivity index (χ4v) is 1.80. The average Bonchev–Trinajstić information content (AvgIpc) is 1.96. The second-order valence-corrected chi connectivity index (χ2v) is 3.60. The summed E-state index contributed by atoms with van der Waals surface area (Å²) in [6.45, 7) is 6.22. The van der Waals surface area contributed by atoms with E-state index in [0.717, 1.165) is 12.8 Å². The molecule has 1 saturated heterocycles. The van der Waals surface area contributed by atoms with Crippen molar-refractivity contribution < 1.29 is 9.84 Å². The molecular weight excluding hydrogens is 140 g/mol. The maximum atomic E-state index is 9.63. The molecule has 0 aromatic carbocycles. The van der Waals surface area contributed by atoms with Crippen molar-refractivity contribution in [2.45, 2.75) is 51.9 Å². The van der Waals surface area contributed by atoms with Gasteiger partial charge in [0.05, 0.1) is 18.3 Å². The molecule has 1 aliphatic rings. The third-order valence-corrected chi connectivity index (χ3v) is 2.48. The third-order valence-electron chi connectivity index (χ3n) is 2.48. The predicted octanol–water partition coefficient (Wildman–Crippen LogP) is 1.57. The Morgan fingerprint density at radius 2 is 2.09 bits per heavy atom. The topological polar surface area (TPSA) is 29.5 Å². The van der Waals surface area contributed by atoms with Gasteiger partial charge in [0.2, 0.25) is 0 Å². The van der Waals surface area contributed by atoms with Gasteiger partial charge < -0.3 is 9.84 Å². The molecule has 1 aliphatic heterocycles. The molecule has 0 aromatic rings. The van der Waals surface area contributed by atoms with Crippen LogP contribution in [0.4, 0.5) is 0 Å². The minimum absolute atomic E-state index is 0.0637. The van der Waals surface area contributed by atoms with Crippen LogP contribution in [0.1, 0.15) is 33.6 Å². The highest BCUT2D eigenvalue weighted by Crippen LogP contribution is 2.26. The summed E-state index contributed by atoms with van der Waals surface area (Å²) in [6, 6.07) is 0. The maximum absolute atomic E-state index is 9.63. The van der Waals surface area contributed by atoms with Gasteiger partial charge in [-0.2, -0.15) is 0 Å². The van der Waals surface area contributed by atoms with Crippen LogP contribution in [0, 0.1) is 5.92 Å². The van der Waals surface area contributed by atoms with Crippen molar-refractivity contribution in [1.82, 2.24) is 0 Å². The van der Waals surface area contributed by atoms with E-state index in [-0.39, 0.29) is 12.2 Å². The van der Waals surface area contributed by atoms with Crippen LogP contribution in [0.25, 0.3) is 0 Å². The van der Waals surface area contributed by atoms with Crippen molar-refractivity contribution in [2.24, 2.45) is 5.92 Å². The fourth-order valence-electron chi connectivity index (χ4n) is 1.80. The molecule has 0 radical (unpaired) electrons. The van der Waals surface area contributed by atoms with Gasteiger partial charge in [-0.15, -0.1) is 0 Å². The van der Waals surface area contributed by atoms with Gasteiger partial charge in [-0.3, -0.25) is 0 Å². The normalized spacial score (nSPS) is 45.8. The molecule has 0 amide bonds. The van der Waals surface area contributed by atoms with Crippen LogP contribution >= 0.6 is 0 Å². The van der Waals surface area contributed by atoms with Crippen molar-refractivity contribution in [3.63, 3.8) is 0 Å². The number of hydrogen-bond acceptors (Lipinski definition) is 2. The Hall–Kier alpha value is -0.0800. The van der Waals surface area contributed by atoms with Gasteiger partial charge in [-0.25, -0.2) is 0 Å². The molecule has 1 fully saturated rings. The zero-order chi connectivity index (χ0) is 8.43. The van der Waals surface area contributed by atoms with Gasteiger partial charge in [-0.05, 0) is 25.7 Å². The number of rotatable bonds is 1. The lowest BCUT2D eigenvalue weighted by atomic mass is 9.90. The van der Waals surface area contributed by atoms with E-state index in [0.29, 0.717) is 12.0 Å². The Morgan fingerprint density at radius 1 is 1.45 bits per heavy atom. The molecule has 0 bridgehead atoms. The Kier molecular flexibility index (Phi) is 2.90. The van der Waals surface area contributed by atoms with E-state index in [2.05, 4.69) is 20.8 Å². The monoisotopic (exact) mass is 158 g/mol. The summed E-state index contributed by atoms with van der Waals surface area (Å²) < 4.78 is 5.57. The highest BCUT2D eigenvalue weighted by Gasteiger charge is 2.31. The molecule has 0 aliphatic carbocycles. The predicted molar refractivity (Wildman–Crippen MR) is 44.4 cm³/mol. The van der Waals surface area contributed by atoms with Crippen LogP contribution < -0.4 is 0 Å². The number of aliphatic hydroxyl groups excluding tert-OH is 1. The molecule has 1 N–H and O–H groups in total. The molecule has 2 nitrogen and oxygen atoms in total. The standard InChI is InChI=1S/C9H18O2/c1-4-8-9(10)6(2)5-7(3)11-8/h6-10H,4-5H2,1-3H3/t6-,7?,8-,9+/m0/s1. The van der Waals surface area contributed by atoms with Gasteiger partial charge in [0.1, 0.15) is 0 Å². The van der Waals surface area contributed by atoms with Crippen LogP contribution in [0.5, 0.6) is 0 Å². The van der Waals surface area contributed by atoms with Crippen LogP contribution in [0.15, 0.2) is 0 Å². The number of ether oxygens (including phenoxy) is 1. The first-order chi connectivity index (χ1) is 5.15. The van der Waals surface area contributed by atoms with E-state index in [9.17, 15) is 5.11 Å². The third kappa shape index (κ3) is 1.94. The van der Waals surface area contributed by atoms with Gasteiger partial charge in [0.25, 0.3) is 0 Å². The molecule has 0 spiro atoms. The first-order valence-corrected chi connectivity index (χ1v) is 4.48. The van der Waals surface area contributed by atoms with Gasteiger partial charge in [0.15, 0.2) is 0 Å². The Labute approximate surface area is 68.6 Å². The summed E-state index contributed by atoms with van der Waals surface area (Å²) in [5.41, 5.74) is 0. The molecule has 2 heteroatoms. The lowest BCUT2D eigenvalue weighted by molar-refractivity contribution is -0.135. The SMILES string of the molecule is CC[C@@H]1OC(C)C[C@H](C)[C@H]1O.